The monoisotopic (exact) mass is 299 g/mol. The number of primary amides is 1. The van der Waals surface area contributed by atoms with Crippen LogP contribution in [-0.4, -0.2) is 16.4 Å². The van der Waals surface area contributed by atoms with Gasteiger partial charge in [0.2, 0.25) is 6.41 Å². The van der Waals surface area contributed by atoms with Gasteiger partial charge in [-0.2, -0.15) is 0 Å². The van der Waals surface area contributed by atoms with E-state index in [4.69, 9.17) is 16.4 Å². The highest BCUT2D eigenvalue weighted by molar-refractivity contribution is 7.19. The highest BCUT2D eigenvalue weighted by Gasteiger charge is 2.18. The number of carbonyl (C=O) groups is 1. The van der Waals surface area contributed by atoms with Crippen LogP contribution in [0.25, 0.3) is 10.2 Å². The minimum absolute atomic E-state index is 0.250. The first-order valence-corrected chi connectivity index (χ1v) is 7.53. The Kier molecular flexibility index (Phi) is 6.73. The zero-order valence-corrected chi connectivity index (χ0v) is 12.7. The predicted octanol–water partition coefficient (Wildman–Crippen LogP) is 3.35. The largest absolute Gasteiger partial charge is 0.372 e. The van der Waals surface area contributed by atoms with Gasteiger partial charge in [0.25, 0.3) is 0 Å². The number of nitrogens with zero attached hydrogens (tertiary/aromatic N) is 2. The van der Waals surface area contributed by atoms with E-state index in [2.05, 4.69) is 15.7 Å². The zero-order valence-electron chi connectivity index (χ0n) is 11.1. The first-order valence-electron chi connectivity index (χ1n) is 6.34. The third-order valence-electron chi connectivity index (χ3n) is 2.71. The molecule has 19 heavy (non-hydrogen) atoms. The first-order chi connectivity index (χ1) is 9.27. The van der Waals surface area contributed by atoms with Crippen LogP contribution in [0.4, 0.5) is 0 Å². The molecule has 3 rings (SSSR count). The molecule has 6 heteroatoms. The normalized spacial score (nSPS) is 12.6. The molecule has 1 aliphatic rings. The molecule has 0 aromatic carbocycles. The van der Waals surface area contributed by atoms with Crippen LogP contribution in [0.2, 0.25) is 5.15 Å². The van der Waals surface area contributed by atoms with E-state index in [1.807, 2.05) is 13.8 Å². The maximum atomic E-state index is 8.58. The number of nitrogens with two attached hydrogens (primary N) is 1. The third kappa shape index (κ3) is 3.64. The molecule has 0 spiro atoms. The fourth-order valence-electron chi connectivity index (χ4n) is 2.05. The maximum absolute atomic E-state index is 8.58. The molecular formula is C13H18ClN3OS. The molecule has 1 aliphatic carbocycles. The second-order valence-electron chi connectivity index (χ2n) is 3.69. The number of hydrogen-bond donors (Lipinski definition) is 1. The average Bonchev–Trinajstić information content (AvgIpc) is 2.81. The molecule has 2 heterocycles. The molecule has 0 fully saturated rings. The Balaban J connectivity index is 0.000000321. The third-order valence-corrected chi connectivity index (χ3v) is 4.19. The van der Waals surface area contributed by atoms with Gasteiger partial charge >= 0.3 is 0 Å². The molecule has 1 amide bonds. The quantitative estimate of drug-likeness (QED) is 0.599. The van der Waals surface area contributed by atoms with Crippen LogP contribution in [0.15, 0.2) is 6.33 Å². The van der Waals surface area contributed by atoms with Crippen LogP contribution in [0.1, 0.15) is 37.1 Å². The zero-order chi connectivity index (χ0) is 14.3. The summed E-state index contributed by atoms with van der Waals surface area (Å²) in [6.45, 7) is 4.00. The molecule has 0 unspecified atom stereocenters. The smallest absolute Gasteiger partial charge is 0.204 e. The highest BCUT2D eigenvalue weighted by Crippen LogP contribution is 2.37. The molecule has 0 aliphatic heterocycles. The lowest BCUT2D eigenvalue weighted by Gasteiger charge is -2.10. The van der Waals surface area contributed by atoms with Crippen LogP contribution in [-0.2, 0) is 17.6 Å². The van der Waals surface area contributed by atoms with Crippen molar-refractivity contribution in [1.29, 1.82) is 0 Å². The number of aryl methyl sites for hydroxylation is 2. The number of thiophene rings is 1. The van der Waals surface area contributed by atoms with E-state index in [9.17, 15) is 0 Å². The van der Waals surface area contributed by atoms with Crippen LogP contribution >= 0.6 is 22.9 Å². The van der Waals surface area contributed by atoms with E-state index in [0.717, 1.165) is 16.6 Å². The number of hydrogen-bond acceptors (Lipinski definition) is 4. The molecule has 104 valence electrons. The molecule has 0 radical (unpaired) electrons. The van der Waals surface area contributed by atoms with Crippen molar-refractivity contribution in [1.82, 2.24) is 9.97 Å². The SMILES string of the molecule is CC.Clc1ncnc2sc3c(c12)CCCC3.NC=O. The Morgan fingerprint density at radius 2 is 1.95 bits per heavy atom. The van der Waals surface area contributed by atoms with Crippen molar-refractivity contribution in [2.24, 2.45) is 5.73 Å². The summed E-state index contributed by atoms with van der Waals surface area (Å²) < 4.78 is 0. The molecule has 0 saturated heterocycles. The maximum Gasteiger partial charge on any atom is 0.204 e. The number of aromatic nitrogens is 2. The van der Waals surface area contributed by atoms with Gasteiger partial charge in [-0.25, -0.2) is 9.97 Å². The van der Waals surface area contributed by atoms with Gasteiger partial charge < -0.3 is 5.73 Å². The Bertz CT molecular complexity index is 542. The van der Waals surface area contributed by atoms with Crippen molar-refractivity contribution in [2.45, 2.75) is 39.5 Å². The van der Waals surface area contributed by atoms with Crippen LogP contribution < -0.4 is 5.73 Å². The van der Waals surface area contributed by atoms with E-state index < -0.39 is 0 Å². The van der Waals surface area contributed by atoms with Gasteiger partial charge in [-0.15, -0.1) is 11.3 Å². The predicted molar refractivity (Wildman–Crippen MR) is 80.7 cm³/mol. The number of rotatable bonds is 0. The molecule has 0 saturated carbocycles. The Labute approximate surface area is 122 Å². The van der Waals surface area contributed by atoms with Crippen LogP contribution in [0.3, 0.4) is 0 Å². The van der Waals surface area contributed by atoms with Gasteiger partial charge in [-0.1, -0.05) is 25.4 Å². The van der Waals surface area contributed by atoms with E-state index in [0.29, 0.717) is 5.15 Å². The summed E-state index contributed by atoms with van der Waals surface area (Å²) in [5, 5.41) is 1.73. The van der Waals surface area contributed by atoms with E-state index >= 15 is 0 Å². The van der Waals surface area contributed by atoms with Gasteiger partial charge in [0, 0.05) is 4.88 Å². The van der Waals surface area contributed by atoms with Crippen molar-refractivity contribution in [2.75, 3.05) is 0 Å². The fourth-order valence-corrected chi connectivity index (χ4v) is 3.58. The van der Waals surface area contributed by atoms with Crippen molar-refractivity contribution in [3.8, 4) is 0 Å². The molecular weight excluding hydrogens is 282 g/mol. The van der Waals surface area contributed by atoms with Crippen molar-refractivity contribution in [3.05, 3.63) is 21.9 Å². The summed E-state index contributed by atoms with van der Waals surface area (Å²) in [5.41, 5.74) is 5.57. The van der Waals surface area contributed by atoms with Crippen LogP contribution in [0.5, 0.6) is 0 Å². The fraction of sp³-hybridized carbons (Fsp3) is 0.462. The first kappa shape index (κ1) is 15.9. The van der Waals surface area contributed by atoms with Gasteiger partial charge in [0.05, 0.1) is 5.39 Å². The lowest BCUT2D eigenvalue weighted by atomic mass is 9.97. The number of fused-ring (bicyclic) bond motifs is 3. The molecule has 0 bridgehead atoms. The minimum Gasteiger partial charge on any atom is -0.372 e. The van der Waals surface area contributed by atoms with Gasteiger partial charge in [0.15, 0.2) is 0 Å². The van der Waals surface area contributed by atoms with Gasteiger partial charge in [0.1, 0.15) is 16.3 Å². The summed E-state index contributed by atoms with van der Waals surface area (Å²) in [6, 6.07) is 0. The van der Waals surface area contributed by atoms with Gasteiger partial charge in [-0.3, -0.25) is 4.79 Å². The van der Waals surface area contributed by atoms with Crippen molar-refractivity contribution >= 4 is 39.6 Å². The second-order valence-corrected chi connectivity index (χ2v) is 5.13. The lowest BCUT2D eigenvalue weighted by molar-refractivity contribution is -0.106. The molecule has 4 nitrogen and oxygen atoms in total. The summed E-state index contributed by atoms with van der Waals surface area (Å²) >= 11 is 7.87. The number of halogens is 1. The molecule has 2 N–H and O–H groups in total. The molecule has 0 atom stereocenters. The minimum atomic E-state index is 0.250. The van der Waals surface area contributed by atoms with E-state index in [1.165, 1.54) is 29.7 Å². The second kappa shape index (κ2) is 8.07. The summed E-state index contributed by atoms with van der Waals surface area (Å²) in [6.07, 6.45) is 6.69. The Morgan fingerprint density at radius 3 is 2.63 bits per heavy atom. The topological polar surface area (TPSA) is 68.9 Å². The van der Waals surface area contributed by atoms with Crippen molar-refractivity contribution in [3.63, 3.8) is 0 Å². The summed E-state index contributed by atoms with van der Waals surface area (Å²) in [7, 11) is 0. The Morgan fingerprint density at radius 1 is 1.32 bits per heavy atom. The highest BCUT2D eigenvalue weighted by atomic mass is 35.5. The standard InChI is InChI=1S/C10H9ClN2S.C2H6.CH3NO/c11-9-8-6-3-1-2-4-7(6)14-10(8)13-5-12-9;1-2;2-1-3/h5H,1-4H2;1-2H3;1H,(H2,2,3). The number of amides is 1. The summed E-state index contributed by atoms with van der Waals surface area (Å²) in [5.74, 6) is 0. The van der Waals surface area contributed by atoms with E-state index in [-0.39, 0.29) is 6.41 Å². The molecule has 2 aromatic rings. The molecule has 2 aromatic heterocycles. The van der Waals surface area contributed by atoms with Crippen LogP contribution in [0, 0.1) is 0 Å². The van der Waals surface area contributed by atoms with Crippen molar-refractivity contribution < 1.29 is 4.79 Å². The lowest BCUT2D eigenvalue weighted by Crippen LogP contribution is -1.98. The van der Waals surface area contributed by atoms with E-state index in [1.54, 1.807) is 17.7 Å². The summed E-state index contributed by atoms with van der Waals surface area (Å²) in [4.78, 5) is 19.4. The number of carbonyl (C=O) groups excluding carboxylic acids is 1. The Hall–Kier alpha value is -1.20. The average molecular weight is 300 g/mol. The van der Waals surface area contributed by atoms with Gasteiger partial charge in [-0.05, 0) is 31.2 Å².